The van der Waals surface area contributed by atoms with Gasteiger partial charge in [0.05, 0.1) is 33.7 Å². The molecule has 2 atom stereocenters. The number of likely N-dealkylation sites (tertiary alicyclic amines) is 1. The fourth-order valence-electron chi connectivity index (χ4n) is 13.0. The molecule has 2 unspecified atom stereocenters. The molecule has 1 saturated carbocycles. The van der Waals surface area contributed by atoms with E-state index in [-0.39, 0.29) is 90.1 Å². The number of aromatic nitrogens is 3. The lowest BCUT2D eigenvalue weighted by molar-refractivity contribution is -0.120. The molecule has 21 heteroatoms. The van der Waals surface area contributed by atoms with Gasteiger partial charge >= 0.3 is 18.1 Å². The number of benzene rings is 3. The van der Waals surface area contributed by atoms with E-state index in [0.29, 0.717) is 82.6 Å². The summed E-state index contributed by atoms with van der Waals surface area (Å²) >= 11 is 6.47. The van der Waals surface area contributed by atoms with E-state index in [1.807, 2.05) is 30.6 Å². The van der Waals surface area contributed by atoms with Gasteiger partial charge in [-0.1, -0.05) is 23.6 Å². The van der Waals surface area contributed by atoms with Gasteiger partial charge in [0.25, 0.3) is 5.91 Å². The molecule has 2 bridgehead atoms. The lowest BCUT2D eigenvalue weighted by atomic mass is 9.65. The predicted molar refractivity (Wildman–Crippen MR) is 303 cm³/mol. The van der Waals surface area contributed by atoms with Gasteiger partial charge in [0, 0.05) is 108 Å². The van der Waals surface area contributed by atoms with E-state index in [4.69, 9.17) is 46.9 Å². The van der Waals surface area contributed by atoms with Gasteiger partial charge in [-0.05, 0) is 125 Å². The average molecular weight is 1130 g/mol. The predicted octanol–water partition coefficient (Wildman–Crippen LogP) is 8.88. The Kier molecular flexibility index (Phi) is 16.0. The van der Waals surface area contributed by atoms with Crippen molar-refractivity contribution < 1.29 is 46.9 Å². The van der Waals surface area contributed by atoms with Crippen molar-refractivity contribution >= 4 is 68.7 Å². The van der Waals surface area contributed by atoms with E-state index in [1.54, 1.807) is 36.4 Å². The Morgan fingerprint density at radius 3 is 2.31 bits per heavy atom. The highest BCUT2D eigenvalue weighted by atomic mass is 35.5. The fourth-order valence-corrected chi connectivity index (χ4v) is 13.2. The zero-order valence-electron chi connectivity index (χ0n) is 46.4. The molecule has 428 valence electrons. The highest BCUT2D eigenvalue weighted by molar-refractivity contribution is 6.34. The standard InChI is InChI=1S/C60H69ClF2N10O8/c1-6-43-47(62)12-8-38-29-42(80-36-78-5)31-44(50(38)43)52-51(63)53-45(32-64-52)54(71-34-40-9-10-41(35-71)73(40)58(77)81-59(2,3)4)67-56(66-53)79-28-27-68-23-25-69(26-24-68)33-37-13-16-60(17-14-37)18-21-70(22-19-60)55(75)39-7-11-46(61)48(30-39)72-20-15-49(74)65-57(72)76/h1,7-8,11-12,29-32,37,40-41H,9-10,13-28,33-36H2,2-5H3,(H,65,74,76). The number of ether oxygens (including phenoxy) is 4. The lowest BCUT2D eigenvalue weighted by Gasteiger charge is -2.47. The number of rotatable bonds is 13. The maximum atomic E-state index is 17.6. The molecule has 81 heavy (non-hydrogen) atoms. The van der Waals surface area contributed by atoms with Crippen molar-refractivity contribution in [1.82, 2.24) is 39.9 Å². The summed E-state index contributed by atoms with van der Waals surface area (Å²) in [7, 11) is 1.49. The van der Waals surface area contributed by atoms with E-state index < -0.39 is 23.3 Å². The Bertz CT molecular complexity index is 3280. The van der Waals surface area contributed by atoms with Crippen LogP contribution in [0.5, 0.6) is 11.8 Å². The molecule has 6 fully saturated rings. The molecule has 6 aliphatic rings. The monoisotopic (exact) mass is 1130 g/mol. The van der Waals surface area contributed by atoms with Crippen LogP contribution in [0.3, 0.4) is 0 Å². The van der Waals surface area contributed by atoms with Gasteiger partial charge in [0.15, 0.2) is 12.6 Å². The summed E-state index contributed by atoms with van der Waals surface area (Å²) in [6.07, 6.45) is 15.3. The molecule has 1 N–H and O–H groups in total. The van der Waals surface area contributed by atoms with Crippen LogP contribution in [0.1, 0.15) is 94.5 Å². The van der Waals surface area contributed by atoms with Crippen molar-refractivity contribution in [1.29, 1.82) is 0 Å². The summed E-state index contributed by atoms with van der Waals surface area (Å²) in [5.74, 6) is 2.03. The number of methoxy groups -OCH3 is 1. The number of carbonyl (C=O) groups excluding carboxylic acids is 4. The number of carbonyl (C=O) groups is 4. The van der Waals surface area contributed by atoms with Crippen molar-refractivity contribution in [2.45, 2.75) is 96.2 Å². The van der Waals surface area contributed by atoms with Gasteiger partial charge < -0.3 is 33.6 Å². The first-order chi connectivity index (χ1) is 39.0. The average Bonchev–Trinajstić information content (AvgIpc) is 3.90. The molecule has 11 rings (SSSR count). The molecular formula is C60H69ClF2N10O8. The second kappa shape index (κ2) is 23.1. The minimum absolute atomic E-state index is 0.000565. The second-order valence-electron chi connectivity index (χ2n) is 23.5. The molecule has 5 amide bonds. The zero-order chi connectivity index (χ0) is 56.7. The number of anilines is 2. The van der Waals surface area contributed by atoms with Crippen LogP contribution in [0.15, 0.2) is 48.7 Å². The smallest absolute Gasteiger partial charge is 0.410 e. The van der Waals surface area contributed by atoms with E-state index in [1.165, 1.54) is 24.3 Å². The Hall–Kier alpha value is -6.92. The third-order valence-corrected chi connectivity index (χ3v) is 17.6. The summed E-state index contributed by atoms with van der Waals surface area (Å²) < 4.78 is 56.0. The van der Waals surface area contributed by atoms with Crippen LogP contribution < -0.4 is 24.6 Å². The molecule has 7 heterocycles. The number of fused-ring (bicyclic) bond motifs is 4. The molecule has 2 aromatic heterocycles. The number of terminal acetylenes is 1. The molecule has 5 aliphatic heterocycles. The highest BCUT2D eigenvalue weighted by Gasteiger charge is 2.46. The summed E-state index contributed by atoms with van der Waals surface area (Å²) in [6, 6.07) is 10.2. The first-order valence-corrected chi connectivity index (χ1v) is 28.6. The van der Waals surface area contributed by atoms with E-state index >= 15 is 8.78 Å². The highest BCUT2D eigenvalue weighted by Crippen LogP contribution is 2.47. The Labute approximate surface area is 475 Å². The number of nitrogens with one attached hydrogen (secondary N) is 1. The number of pyridine rings is 1. The number of urea groups is 1. The molecule has 5 saturated heterocycles. The lowest BCUT2D eigenvalue weighted by Crippen LogP contribution is -2.57. The molecule has 18 nitrogen and oxygen atoms in total. The maximum absolute atomic E-state index is 17.6. The summed E-state index contributed by atoms with van der Waals surface area (Å²) in [6.45, 7) is 13.4. The van der Waals surface area contributed by atoms with Crippen LogP contribution in [-0.4, -0.2) is 169 Å². The molecular weight excluding hydrogens is 1060 g/mol. The van der Waals surface area contributed by atoms with Crippen molar-refractivity contribution in [3.05, 3.63) is 76.4 Å². The number of imide groups is 1. The van der Waals surface area contributed by atoms with Crippen molar-refractivity contribution in [3.8, 4) is 35.4 Å². The number of halogens is 3. The summed E-state index contributed by atoms with van der Waals surface area (Å²) in [5.41, 5.74) is 0.515. The first-order valence-electron chi connectivity index (χ1n) is 28.2. The second-order valence-corrected chi connectivity index (χ2v) is 23.9. The minimum atomic E-state index is -0.770. The van der Waals surface area contributed by atoms with Gasteiger partial charge in [0.1, 0.15) is 40.8 Å². The third kappa shape index (κ3) is 11.8. The number of piperidine rings is 1. The molecule has 1 spiro atoms. The Balaban J connectivity index is 0.728. The SMILES string of the molecule is C#Cc1c(F)ccc2cc(OCOC)cc(-c3ncc4c(N5CC6CCC(C5)N6C(=O)OC(C)(C)C)nc(OCCN5CCN(CC6CCC7(CC6)CCN(C(=O)c6ccc(Cl)c(N8CCC(=O)NC8=O)c6)CC7)CC5)nc4c3F)c12. The van der Waals surface area contributed by atoms with Crippen LogP contribution in [-0.2, 0) is 14.3 Å². The van der Waals surface area contributed by atoms with Crippen molar-refractivity contribution in [3.63, 3.8) is 0 Å². The largest absolute Gasteiger partial charge is 0.468 e. The van der Waals surface area contributed by atoms with Crippen LogP contribution in [0.2, 0.25) is 5.02 Å². The number of piperazine rings is 2. The fraction of sp³-hybridized carbons (Fsp3) is 0.517. The van der Waals surface area contributed by atoms with Gasteiger partial charge in [-0.25, -0.2) is 18.4 Å². The molecule has 5 aromatic rings. The Morgan fingerprint density at radius 2 is 1.62 bits per heavy atom. The molecule has 0 radical (unpaired) electrons. The topological polar surface area (TPSA) is 175 Å². The number of nitrogens with zero attached hydrogens (tertiary/aromatic N) is 9. The van der Waals surface area contributed by atoms with E-state index in [9.17, 15) is 19.2 Å². The van der Waals surface area contributed by atoms with Gasteiger partial charge in [0.2, 0.25) is 5.91 Å². The minimum Gasteiger partial charge on any atom is -0.468 e. The molecule has 1 aliphatic carbocycles. The zero-order valence-corrected chi connectivity index (χ0v) is 47.2. The van der Waals surface area contributed by atoms with E-state index in [0.717, 1.165) is 84.1 Å². The normalized spacial score (nSPS) is 21.0. The van der Waals surface area contributed by atoms with Crippen LogP contribution >= 0.6 is 11.6 Å². The summed E-state index contributed by atoms with van der Waals surface area (Å²) in [5, 5.41) is 3.84. The first kappa shape index (κ1) is 56.0. The van der Waals surface area contributed by atoms with Crippen LogP contribution in [0, 0.1) is 35.3 Å². The van der Waals surface area contributed by atoms with Gasteiger partial charge in [-0.3, -0.25) is 34.6 Å². The van der Waals surface area contributed by atoms with Gasteiger partial charge in [-0.15, -0.1) is 6.42 Å². The van der Waals surface area contributed by atoms with E-state index in [2.05, 4.69) is 30.9 Å². The summed E-state index contributed by atoms with van der Waals surface area (Å²) in [4.78, 5) is 78.0. The van der Waals surface area contributed by atoms with Crippen molar-refractivity contribution in [2.24, 2.45) is 11.3 Å². The van der Waals surface area contributed by atoms with Gasteiger partial charge in [-0.2, -0.15) is 9.97 Å². The number of hydrogen-bond acceptors (Lipinski definition) is 14. The van der Waals surface area contributed by atoms with Crippen LogP contribution in [0.25, 0.3) is 32.9 Å². The number of amides is 5. The van der Waals surface area contributed by atoms with Crippen LogP contribution in [0.4, 0.5) is 29.9 Å². The quantitative estimate of drug-likeness (QED) is 0.0874. The maximum Gasteiger partial charge on any atom is 0.410 e. The molecule has 3 aromatic carbocycles. The van der Waals surface area contributed by atoms with Crippen molar-refractivity contribution in [2.75, 3.05) is 102 Å². The number of hydrogen-bond donors (Lipinski definition) is 1. The third-order valence-electron chi connectivity index (χ3n) is 17.2. The Morgan fingerprint density at radius 1 is 0.889 bits per heavy atom.